The van der Waals surface area contributed by atoms with E-state index in [0.717, 1.165) is 11.4 Å². The summed E-state index contributed by atoms with van der Waals surface area (Å²) in [5, 5.41) is 0. The fourth-order valence-corrected chi connectivity index (χ4v) is 4.16. The number of amides is 1. The number of rotatable bonds is 4. The Labute approximate surface area is 169 Å². The standard InChI is InChI=1S/C21H25FN4O3/c1-28-19-15-23-14-18(24-19)25-7-9-26(10-8-25)20(27)21(5-11-29-12-6-21)16-3-2-4-17(22)13-16/h2-4,13-15H,5-12H2,1H3. The van der Waals surface area contributed by atoms with Crippen LogP contribution < -0.4 is 9.64 Å². The van der Waals surface area contributed by atoms with Crippen LogP contribution in [0, 0.1) is 5.82 Å². The molecule has 2 saturated heterocycles. The average Bonchev–Trinajstić information content (AvgIpc) is 2.79. The summed E-state index contributed by atoms with van der Waals surface area (Å²) in [6.07, 6.45) is 4.40. The maximum absolute atomic E-state index is 13.9. The summed E-state index contributed by atoms with van der Waals surface area (Å²) < 4.78 is 24.6. The van der Waals surface area contributed by atoms with E-state index < -0.39 is 5.41 Å². The quantitative estimate of drug-likeness (QED) is 0.782. The number of carbonyl (C=O) groups is 1. The van der Waals surface area contributed by atoms with E-state index in [2.05, 4.69) is 14.9 Å². The Kier molecular flexibility index (Phi) is 5.62. The Morgan fingerprint density at radius 3 is 2.62 bits per heavy atom. The van der Waals surface area contributed by atoms with Crippen LogP contribution in [0.4, 0.5) is 10.2 Å². The van der Waals surface area contributed by atoms with Gasteiger partial charge in [0, 0.05) is 39.4 Å². The number of anilines is 1. The van der Waals surface area contributed by atoms with Crippen LogP contribution in [0.3, 0.4) is 0 Å². The normalized spacial score (nSPS) is 19.1. The van der Waals surface area contributed by atoms with Gasteiger partial charge in [0.05, 0.1) is 24.9 Å². The first-order valence-corrected chi connectivity index (χ1v) is 9.86. The molecule has 3 heterocycles. The molecule has 0 N–H and O–H groups in total. The van der Waals surface area contributed by atoms with Crippen molar-refractivity contribution < 1.29 is 18.7 Å². The molecule has 0 unspecified atom stereocenters. The summed E-state index contributed by atoms with van der Waals surface area (Å²) in [7, 11) is 1.56. The molecule has 0 aliphatic carbocycles. The largest absolute Gasteiger partial charge is 0.480 e. The first-order valence-electron chi connectivity index (χ1n) is 9.86. The van der Waals surface area contributed by atoms with Crippen LogP contribution in [0.25, 0.3) is 0 Å². The molecular weight excluding hydrogens is 375 g/mol. The van der Waals surface area contributed by atoms with Gasteiger partial charge in [0.2, 0.25) is 11.8 Å². The highest BCUT2D eigenvalue weighted by molar-refractivity contribution is 5.88. The molecule has 2 aromatic rings. The van der Waals surface area contributed by atoms with Crippen molar-refractivity contribution in [2.75, 3.05) is 51.4 Å². The van der Waals surface area contributed by atoms with Crippen molar-refractivity contribution in [1.82, 2.24) is 14.9 Å². The van der Waals surface area contributed by atoms with Crippen molar-refractivity contribution >= 4 is 11.7 Å². The maximum atomic E-state index is 13.9. The Bertz CT molecular complexity index is 865. The summed E-state index contributed by atoms with van der Waals surface area (Å²) in [5.41, 5.74) is 0.0186. The molecule has 0 radical (unpaired) electrons. The van der Waals surface area contributed by atoms with Crippen LogP contribution in [0.5, 0.6) is 5.88 Å². The third-order valence-electron chi connectivity index (χ3n) is 5.83. The number of benzene rings is 1. The van der Waals surface area contributed by atoms with Crippen molar-refractivity contribution in [3.63, 3.8) is 0 Å². The van der Waals surface area contributed by atoms with Crippen molar-refractivity contribution in [1.29, 1.82) is 0 Å². The second-order valence-electron chi connectivity index (χ2n) is 7.40. The topological polar surface area (TPSA) is 67.8 Å². The first kappa shape index (κ1) is 19.6. The zero-order valence-corrected chi connectivity index (χ0v) is 16.5. The number of hydrogen-bond donors (Lipinski definition) is 0. The third-order valence-corrected chi connectivity index (χ3v) is 5.83. The summed E-state index contributed by atoms with van der Waals surface area (Å²) in [4.78, 5) is 26.2. The Morgan fingerprint density at radius 2 is 1.93 bits per heavy atom. The van der Waals surface area contributed by atoms with Crippen LogP contribution in [-0.2, 0) is 14.9 Å². The van der Waals surface area contributed by atoms with Gasteiger partial charge >= 0.3 is 0 Å². The Morgan fingerprint density at radius 1 is 1.17 bits per heavy atom. The second-order valence-corrected chi connectivity index (χ2v) is 7.40. The van der Waals surface area contributed by atoms with Crippen molar-refractivity contribution in [3.05, 3.63) is 48.0 Å². The number of aromatic nitrogens is 2. The van der Waals surface area contributed by atoms with E-state index in [-0.39, 0.29) is 11.7 Å². The minimum absolute atomic E-state index is 0.0581. The lowest BCUT2D eigenvalue weighted by molar-refractivity contribution is -0.141. The number of halogens is 1. The lowest BCUT2D eigenvalue weighted by Gasteiger charge is -2.43. The highest BCUT2D eigenvalue weighted by Gasteiger charge is 2.44. The van der Waals surface area contributed by atoms with Gasteiger partial charge in [0.15, 0.2) is 5.82 Å². The van der Waals surface area contributed by atoms with Crippen LogP contribution >= 0.6 is 0 Å². The molecule has 8 heteroatoms. The molecule has 2 fully saturated rings. The molecule has 7 nitrogen and oxygen atoms in total. The molecule has 0 spiro atoms. The van der Waals surface area contributed by atoms with Crippen LogP contribution in [-0.4, -0.2) is 67.3 Å². The van der Waals surface area contributed by atoms with E-state index in [0.29, 0.717) is 58.1 Å². The van der Waals surface area contributed by atoms with Gasteiger partial charge in [0.25, 0.3) is 0 Å². The van der Waals surface area contributed by atoms with Gasteiger partial charge in [-0.3, -0.25) is 9.78 Å². The lowest BCUT2D eigenvalue weighted by atomic mass is 9.73. The van der Waals surface area contributed by atoms with Gasteiger partial charge in [-0.15, -0.1) is 0 Å². The number of piperazine rings is 1. The summed E-state index contributed by atoms with van der Waals surface area (Å²) in [5.74, 6) is 0.945. The van der Waals surface area contributed by atoms with E-state index in [1.54, 1.807) is 25.6 Å². The van der Waals surface area contributed by atoms with E-state index >= 15 is 0 Å². The summed E-state index contributed by atoms with van der Waals surface area (Å²) in [6, 6.07) is 6.43. The Balaban J connectivity index is 1.51. The number of methoxy groups -OCH3 is 1. The molecule has 2 aliphatic rings. The van der Waals surface area contributed by atoms with Gasteiger partial charge in [0.1, 0.15) is 5.82 Å². The molecule has 2 aliphatic heterocycles. The molecule has 29 heavy (non-hydrogen) atoms. The first-order chi connectivity index (χ1) is 14.1. The third kappa shape index (κ3) is 3.89. The zero-order valence-electron chi connectivity index (χ0n) is 16.5. The van der Waals surface area contributed by atoms with Crippen LogP contribution in [0.15, 0.2) is 36.7 Å². The minimum atomic E-state index is -0.724. The van der Waals surface area contributed by atoms with Gasteiger partial charge in [-0.2, -0.15) is 4.98 Å². The van der Waals surface area contributed by atoms with Gasteiger partial charge in [-0.1, -0.05) is 12.1 Å². The molecule has 1 aromatic heterocycles. The predicted molar refractivity (Wildman–Crippen MR) is 106 cm³/mol. The van der Waals surface area contributed by atoms with Crippen LogP contribution in [0.1, 0.15) is 18.4 Å². The molecular formula is C21H25FN4O3. The molecule has 0 atom stereocenters. The van der Waals surface area contributed by atoms with Crippen molar-refractivity contribution in [3.8, 4) is 5.88 Å². The summed E-state index contributed by atoms with van der Waals surface area (Å²) >= 11 is 0. The molecule has 1 aromatic carbocycles. The Hall–Kier alpha value is -2.74. The van der Waals surface area contributed by atoms with Crippen molar-refractivity contribution in [2.45, 2.75) is 18.3 Å². The number of carbonyl (C=O) groups excluding carboxylic acids is 1. The fourth-order valence-electron chi connectivity index (χ4n) is 4.16. The van der Waals surface area contributed by atoms with E-state index in [9.17, 15) is 9.18 Å². The summed E-state index contributed by atoms with van der Waals surface area (Å²) in [6.45, 7) is 3.47. The molecule has 0 saturated carbocycles. The molecule has 4 rings (SSSR count). The van der Waals surface area contributed by atoms with Crippen LogP contribution in [0.2, 0.25) is 0 Å². The average molecular weight is 400 g/mol. The lowest BCUT2D eigenvalue weighted by Crippen LogP contribution is -2.56. The second kappa shape index (κ2) is 8.32. The minimum Gasteiger partial charge on any atom is -0.480 e. The highest BCUT2D eigenvalue weighted by Crippen LogP contribution is 2.37. The predicted octanol–water partition coefficient (Wildman–Crippen LogP) is 2.02. The number of nitrogens with zero attached hydrogens (tertiary/aromatic N) is 4. The van der Waals surface area contributed by atoms with Gasteiger partial charge < -0.3 is 19.3 Å². The van der Waals surface area contributed by atoms with E-state index in [1.165, 1.54) is 12.1 Å². The number of hydrogen-bond acceptors (Lipinski definition) is 6. The molecule has 0 bridgehead atoms. The fraction of sp³-hybridized carbons (Fsp3) is 0.476. The zero-order chi connectivity index (χ0) is 20.3. The van der Waals surface area contributed by atoms with Gasteiger partial charge in [-0.05, 0) is 30.5 Å². The number of ether oxygens (including phenoxy) is 2. The monoisotopic (exact) mass is 400 g/mol. The van der Waals surface area contributed by atoms with Gasteiger partial charge in [-0.25, -0.2) is 4.39 Å². The van der Waals surface area contributed by atoms with Crippen molar-refractivity contribution in [2.24, 2.45) is 0 Å². The maximum Gasteiger partial charge on any atom is 0.233 e. The molecule has 1 amide bonds. The highest BCUT2D eigenvalue weighted by atomic mass is 19.1. The van der Waals surface area contributed by atoms with E-state index in [1.807, 2.05) is 11.0 Å². The SMILES string of the molecule is COc1cncc(N2CCN(C(=O)C3(c4cccc(F)c4)CCOCC3)CC2)n1. The smallest absolute Gasteiger partial charge is 0.233 e. The van der Waals surface area contributed by atoms with E-state index in [4.69, 9.17) is 9.47 Å². The molecule has 154 valence electrons.